The molecular weight excluding hydrogens is 363 g/mol. The van der Waals surface area contributed by atoms with E-state index in [-0.39, 0.29) is 11.5 Å². The molecule has 7 nitrogen and oxygen atoms in total. The van der Waals surface area contributed by atoms with Crippen molar-refractivity contribution < 1.29 is 18.7 Å². The minimum absolute atomic E-state index is 0.173. The number of rotatable bonds is 6. The SMILES string of the molecule is COc1ccc(Nc2cc(C(=O)Nc3ccc(F)cc3)nc(C)n2)c(OC)c1. The minimum atomic E-state index is -0.429. The number of aromatic nitrogens is 2. The summed E-state index contributed by atoms with van der Waals surface area (Å²) in [5, 5.41) is 5.80. The number of anilines is 3. The van der Waals surface area contributed by atoms with E-state index in [1.165, 1.54) is 30.3 Å². The molecule has 1 amide bonds. The second-order valence-electron chi connectivity index (χ2n) is 5.84. The van der Waals surface area contributed by atoms with Crippen molar-refractivity contribution in [2.45, 2.75) is 6.92 Å². The number of hydrogen-bond donors (Lipinski definition) is 2. The molecule has 3 aromatic rings. The summed E-state index contributed by atoms with van der Waals surface area (Å²) in [6.45, 7) is 1.69. The molecule has 144 valence electrons. The van der Waals surface area contributed by atoms with E-state index in [9.17, 15) is 9.18 Å². The van der Waals surface area contributed by atoms with Gasteiger partial charge < -0.3 is 20.1 Å². The van der Waals surface area contributed by atoms with Gasteiger partial charge in [-0.15, -0.1) is 0 Å². The standard InChI is InChI=1S/C20H19FN4O3/c1-12-22-17(20(26)24-14-6-4-13(21)5-7-14)11-19(23-12)25-16-9-8-15(27-2)10-18(16)28-3/h4-11H,1-3H3,(H,24,26)(H,22,23,25). The Balaban J connectivity index is 1.83. The summed E-state index contributed by atoms with van der Waals surface area (Å²) in [6, 6.07) is 12.3. The monoisotopic (exact) mass is 382 g/mol. The summed E-state index contributed by atoms with van der Waals surface area (Å²) in [7, 11) is 3.12. The number of halogens is 1. The van der Waals surface area contributed by atoms with Crippen LogP contribution in [-0.2, 0) is 0 Å². The number of amides is 1. The minimum Gasteiger partial charge on any atom is -0.497 e. The summed E-state index contributed by atoms with van der Waals surface area (Å²) in [6.07, 6.45) is 0. The lowest BCUT2D eigenvalue weighted by molar-refractivity contribution is 0.102. The van der Waals surface area contributed by atoms with Crippen LogP contribution in [0.2, 0.25) is 0 Å². The van der Waals surface area contributed by atoms with Gasteiger partial charge in [0.25, 0.3) is 5.91 Å². The van der Waals surface area contributed by atoms with E-state index in [1.54, 1.807) is 39.3 Å². The van der Waals surface area contributed by atoms with Gasteiger partial charge in [-0.1, -0.05) is 0 Å². The normalized spacial score (nSPS) is 10.3. The molecule has 0 unspecified atom stereocenters. The van der Waals surface area contributed by atoms with Crippen LogP contribution in [0.15, 0.2) is 48.5 Å². The van der Waals surface area contributed by atoms with E-state index in [4.69, 9.17) is 9.47 Å². The van der Waals surface area contributed by atoms with Crippen molar-refractivity contribution in [3.05, 3.63) is 65.9 Å². The fourth-order valence-electron chi connectivity index (χ4n) is 2.52. The lowest BCUT2D eigenvalue weighted by Gasteiger charge is -2.13. The van der Waals surface area contributed by atoms with Gasteiger partial charge >= 0.3 is 0 Å². The predicted octanol–water partition coefficient (Wildman–Crippen LogP) is 3.94. The molecule has 0 atom stereocenters. The molecule has 0 aliphatic rings. The number of nitrogens with zero attached hydrogens (tertiary/aromatic N) is 2. The average molecular weight is 382 g/mol. The van der Waals surface area contributed by atoms with Crippen molar-refractivity contribution in [3.63, 3.8) is 0 Å². The van der Waals surface area contributed by atoms with Crippen LogP contribution in [0.25, 0.3) is 0 Å². The van der Waals surface area contributed by atoms with Gasteiger partial charge in [0, 0.05) is 17.8 Å². The Kier molecular flexibility index (Phi) is 5.69. The molecule has 28 heavy (non-hydrogen) atoms. The first kappa shape index (κ1) is 19.1. The van der Waals surface area contributed by atoms with Crippen LogP contribution in [0.4, 0.5) is 21.6 Å². The molecule has 0 saturated heterocycles. The average Bonchev–Trinajstić information content (AvgIpc) is 2.69. The zero-order valence-corrected chi connectivity index (χ0v) is 15.6. The second-order valence-corrected chi connectivity index (χ2v) is 5.84. The number of nitrogens with one attached hydrogen (secondary N) is 2. The van der Waals surface area contributed by atoms with E-state index in [0.29, 0.717) is 34.5 Å². The topological polar surface area (TPSA) is 85.4 Å². The summed E-state index contributed by atoms with van der Waals surface area (Å²) >= 11 is 0. The largest absolute Gasteiger partial charge is 0.497 e. The molecule has 0 fully saturated rings. The van der Waals surface area contributed by atoms with Crippen molar-refractivity contribution in [3.8, 4) is 11.5 Å². The van der Waals surface area contributed by atoms with Gasteiger partial charge in [0.05, 0.1) is 19.9 Å². The van der Waals surface area contributed by atoms with Crippen LogP contribution >= 0.6 is 0 Å². The van der Waals surface area contributed by atoms with Crippen LogP contribution in [-0.4, -0.2) is 30.1 Å². The Morgan fingerprint density at radius 2 is 1.75 bits per heavy atom. The van der Waals surface area contributed by atoms with Gasteiger partial charge in [0.15, 0.2) is 0 Å². The zero-order valence-electron chi connectivity index (χ0n) is 15.6. The Bertz CT molecular complexity index is 993. The zero-order chi connectivity index (χ0) is 20.1. The van der Waals surface area contributed by atoms with E-state index < -0.39 is 5.91 Å². The van der Waals surface area contributed by atoms with E-state index in [0.717, 1.165) is 0 Å². The lowest BCUT2D eigenvalue weighted by Crippen LogP contribution is -2.15. The molecule has 0 spiro atoms. The molecule has 1 aromatic heterocycles. The Morgan fingerprint density at radius 1 is 1.00 bits per heavy atom. The fourth-order valence-corrected chi connectivity index (χ4v) is 2.52. The highest BCUT2D eigenvalue weighted by Crippen LogP contribution is 2.31. The molecular formula is C20H19FN4O3. The third kappa shape index (κ3) is 4.53. The smallest absolute Gasteiger partial charge is 0.274 e. The van der Waals surface area contributed by atoms with Gasteiger partial charge in [-0.2, -0.15) is 0 Å². The Hall–Kier alpha value is -3.68. The molecule has 0 saturated carbocycles. The van der Waals surface area contributed by atoms with Crippen LogP contribution in [0.1, 0.15) is 16.3 Å². The number of hydrogen-bond acceptors (Lipinski definition) is 6. The van der Waals surface area contributed by atoms with Gasteiger partial charge in [0.2, 0.25) is 0 Å². The lowest BCUT2D eigenvalue weighted by atomic mass is 10.2. The molecule has 3 rings (SSSR count). The van der Waals surface area contributed by atoms with Crippen LogP contribution in [0.3, 0.4) is 0 Å². The van der Waals surface area contributed by atoms with Crippen molar-refractivity contribution in [1.29, 1.82) is 0 Å². The first-order chi connectivity index (χ1) is 13.5. The Morgan fingerprint density at radius 3 is 2.43 bits per heavy atom. The Labute approximate surface area is 161 Å². The van der Waals surface area contributed by atoms with Gasteiger partial charge in [-0.25, -0.2) is 14.4 Å². The van der Waals surface area contributed by atoms with E-state index >= 15 is 0 Å². The molecule has 0 aliphatic heterocycles. The summed E-state index contributed by atoms with van der Waals surface area (Å²) in [5.41, 5.74) is 1.30. The van der Waals surface area contributed by atoms with Gasteiger partial charge in [0.1, 0.15) is 34.7 Å². The first-order valence-electron chi connectivity index (χ1n) is 8.40. The fraction of sp³-hybridized carbons (Fsp3) is 0.150. The number of methoxy groups -OCH3 is 2. The molecule has 1 heterocycles. The number of benzene rings is 2. The van der Waals surface area contributed by atoms with Crippen LogP contribution in [0.5, 0.6) is 11.5 Å². The highest BCUT2D eigenvalue weighted by atomic mass is 19.1. The van der Waals surface area contributed by atoms with Crippen molar-refractivity contribution >= 4 is 23.1 Å². The van der Waals surface area contributed by atoms with Crippen LogP contribution in [0, 0.1) is 12.7 Å². The number of aryl methyl sites for hydroxylation is 1. The maximum atomic E-state index is 13.0. The number of ether oxygens (including phenoxy) is 2. The van der Waals surface area contributed by atoms with Crippen molar-refractivity contribution in [1.82, 2.24) is 9.97 Å². The maximum Gasteiger partial charge on any atom is 0.274 e. The first-order valence-corrected chi connectivity index (χ1v) is 8.40. The van der Waals surface area contributed by atoms with Crippen molar-refractivity contribution in [2.75, 3.05) is 24.9 Å². The second kappa shape index (κ2) is 8.34. The summed E-state index contributed by atoms with van der Waals surface area (Å²) in [4.78, 5) is 21.0. The van der Waals surface area contributed by atoms with Gasteiger partial charge in [-0.05, 0) is 43.3 Å². The number of carbonyl (C=O) groups excluding carboxylic acids is 1. The molecule has 0 radical (unpaired) electrons. The summed E-state index contributed by atoms with van der Waals surface area (Å²) in [5.74, 6) is 1.26. The number of carbonyl (C=O) groups is 1. The highest BCUT2D eigenvalue weighted by molar-refractivity contribution is 6.03. The summed E-state index contributed by atoms with van der Waals surface area (Å²) < 4.78 is 23.6. The molecule has 2 aromatic carbocycles. The van der Waals surface area contributed by atoms with Crippen LogP contribution < -0.4 is 20.1 Å². The van der Waals surface area contributed by atoms with Crippen molar-refractivity contribution in [2.24, 2.45) is 0 Å². The molecule has 0 bridgehead atoms. The maximum absolute atomic E-state index is 13.0. The van der Waals surface area contributed by atoms with Gasteiger partial charge in [-0.3, -0.25) is 4.79 Å². The van der Waals surface area contributed by atoms with E-state index in [1.807, 2.05) is 0 Å². The predicted molar refractivity (Wildman–Crippen MR) is 104 cm³/mol. The quantitative estimate of drug-likeness (QED) is 0.672. The third-order valence-electron chi connectivity index (χ3n) is 3.84. The molecule has 8 heteroatoms. The molecule has 2 N–H and O–H groups in total. The third-order valence-corrected chi connectivity index (χ3v) is 3.84. The molecule has 0 aliphatic carbocycles. The van der Waals surface area contributed by atoms with E-state index in [2.05, 4.69) is 20.6 Å². The highest BCUT2D eigenvalue weighted by Gasteiger charge is 2.13.